The molecule has 2 unspecified atom stereocenters. The minimum atomic E-state index is -1.89. The molecule has 0 saturated heterocycles. The third-order valence-corrected chi connectivity index (χ3v) is 13.7. The first kappa shape index (κ1) is 28.9. The highest BCUT2D eigenvalue weighted by Crippen LogP contribution is 2.48. The zero-order valence-electron chi connectivity index (χ0n) is 25.1. The number of anilines is 2. The number of halogens is 1. The van der Waals surface area contributed by atoms with Gasteiger partial charge < -0.3 is 19.5 Å². The van der Waals surface area contributed by atoms with Crippen molar-refractivity contribution in [2.24, 2.45) is 5.92 Å². The Morgan fingerprint density at radius 3 is 2.67 bits per heavy atom. The zero-order chi connectivity index (χ0) is 29.6. The van der Waals surface area contributed by atoms with Crippen molar-refractivity contribution in [1.82, 2.24) is 14.4 Å². The number of fused-ring (bicyclic) bond motifs is 1. The Bertz CT molecular complexity index is 1620. The van der Waals surface area contributed by atoms with Gasteiger partial charge in [0.1, 0.15) is 11.5 Å². The predicted molar refractivity (Wildman–Crippen MR) is 172 cm³/mol. The molecule has 7 nitrogen and oxygen atoms in total. The van der Waals surface area contributed by atoms with Gasteiger partial charge in [-0.05, 0) is 84.6 Å². The molecule has 2 aliphatic carbocycles. The summed E-state index contributed by atoms with van der Waals surface area (Å²) in [4.78, 5) is 22.3. The summed E-state index contributed by atoms with van der Waals surface area (Å²) in [5.74, 6) is 1.32. The second-order valence-electron chi connectivity index (χ2n) is 13.4. The van der Waals surface area contributed by atoms with Gasteiger partial charge in [-0.3, -0.25) is 4.79 Å². The van der Waals surface area contributed by atoms with Crippen molar-refractivity contribution in [3.05, 3.63) is 88.5 Å². The van der Waals surface area contributed by atoms with Crippen molar-refractivity contribution < 1.29 is 9.22 Å². The number of hydrogen-bond donors (Lipinski definition) is 2. The monoisotopic (exact) mass is 601 g/mol. The van der Waals surface area contributed by atoms with E-state index in [1.165, 1.54) is 18.4 Å². The molecule has 0 spiro atoms. The van der Waals surface area contributed by atoms with Gasteiger partial charge in [-0.25, -0.2) is 9.97 Å². The molecule has 2 aliphatic rings. The molecule has 220 valence electrons. The number of hydrogen-bond acceptors (Lipinski definition) is 5. The lowest BCUT2D eigenvalue weighted by molar-refractivity contribution is -0.117. The van der Waals surface area contributed by atoms with Crippen molar-refractivity contribution in [3.8, 4) is 0 Å². The van der Waals surface area contributed by atoms with Crippen LogP contribution in [-0.2, 0) is 22.4 Å². The first-order valence-corrected chi connectivity index (χ1v) is 18.2. The summed E-state index contributed by atoms with van der Waals surface area (Å²) < 4.78 is 8.77. The molecule has 3 heterocycles. The molecule has 0 aliphatic heterocycles. The van der Waals surface area contributed by atoms with E-state index in [0.717, 1.165) is 34.6 Å². The van der Waals surface area contributed by atoms with Gasteiger partial charge in [0.05, 0.1) is 18.8 Å². The average Bonchev–Trinajstić information content (AvgIpc) is 3.86. The van der Waals surface area contributed by atoms with Crippen LogP contribution in [0.4, 0.5) is 11.5 Å². The normalized spacial score (nSPS) is 18.7. The van der Waals surface area contributed by atoms with Gasteiger partial charge >= 0.3 is 0 Å². The van der Waals surface area contributed by atoms with E-state index >= 15 is 0 Å². The molecule has 1 aromatic carbocycles. The van der Waals surface area contributed by atoms with Crippen LogP contribution in [0.15, 0.2) is 61.1 Å². The van der Waals surface area contributed by atoms with Crippen LogP contribution in [-0.4, -0.2) is 28.6 Å². The van der Waals surface area contributed by atoms with Crippen LogP contribution in [0.5, 0.6) is 0 Å². The number of nitrogens with one attached hydrogen (secondary N) is 2. The third-order valence-electron chi connectivity index (χ3n) is 9.03. The Kier molecular flexibility index (Phi) is 7.66. The number of aromatic nitrogens is 3. The fourth-order valence-corrected chi connectivity index (χ4v) is 6.31. The Morgan fingerprint density at radius 2 is 1.93 bits per heavy atom. The van der Waals surface area contributed by atoms with E-state index in [1.807, 2.05) is 36.4 Å². The lowest BCUT2D eigenvalue weighted by Crippen LogP contribution is -2.40. The van der Waals surface area contributed by atoms with E-state index in [1.54, 1.807) is 6.20 Å². The number of benzene rings is 1. The van der Waals surface area contributed by atoms with Crippen molar-refractivity contribution in [3.63, 3.8) is 0 Å². The Hall–Kier alpha value is -3.20. The highest BCUT2D eigenvalue weighted by atomic mass is 35.5. The molecule has 4 aromatic rings. The van der Waals surface area contributed by atoms with Crippen LogP contribution in [0.1, 0.15) is 74.3 Å². The summed E-state index contributed by atoms with van der Waals surface area (Å²) in [6.45, 7) is 12.5. The van der Waals surface area contributed by atoms with E-state index in [4.69, 9.17) is 21.0 Å². The fourth-order valence-electron chi connectivity index (χ4n) is 5.16. The van der Waals surface area contributed by atoms with Gasteiger partial charge in [-0.15, -0.1) is 0 Å². The number of imidazole rings is 1. The minimum absolute atomic E-state index is 0.0103. The standard InChI is InChI=1S/C33H40ClN5O2Si/c1-33(2,3)42(4,5)41-20-24-13-23(21-9-10-21)18-39-19-27(37-31(24)39)17-36-26-11-12-35-30(15-26)38-32(40)29-16-28(29)22-7-6-8-25(34)14-22/h6-8,11-15,18-19,21,28-29H,9-10,16-17,20H2,1-5H3,(H2,35,36,38,40). The van der Waals surface area contributed by atoms with E-state index in [0.29, 0.717) is 29.9 Å². The molecule has 9 heteroatoms. The number of carbonyl (C=O) groups is 1. The van der Waals surface area contributed by atoms with Crippen LogP contribution in [0.25, 0.3) is 5.65 Å². The molecule has 6 rings (SSSR count). The van der Waals surface area contributed by atoms with Crippen molar-refractivity contribution in [2.45, 2.75) is 83.2 Å². The molecule has 2 atom stereocenters. The molecular weight excluding hydrogens is 562 g/mol. The molecule has 2 saturated carbocycles. The predicted octanol–water partition coefficient (Wildman–Crippen LogP) is 8.14. The van der Waals surface area contributed by atoms with Gasteiger partial charge in [0.15, 0.2) is 8.32 Å². The molecule has 42 heavy (non-hydrogen) atoms. The molecule has 0 bridgehead atoms. The Balaban J connectivity index is 1.12. The van der Waals surface area contributed by atoms with Gasteiger partial charge in [0.25, 0.3) is 0 Å². The van der Waals surface area contributed by atoms with E-state index < -0.39 is 8.32 Å². The molecular formula is C33H40ClN5O2Si. The Morgan fingerprint density at radius 1 is 1.12 bits per heavy atom. The largest absolute Gasteiger partial charge is 0.412 e. The summed E-state index contributed by atoms with van der Waals surface area (Å²) in [7, 11) is -1.89. The number of nitrogens with zero attached hydrogens (tertiary/aromatic N) is 3. The number of carbonyl (C=O) groups excluding carboxylic acids is 1. The fraction of sp³-hybridized carbons (Fsp3) is 0.424. The van der Waals surface area contributed by atoms with E-state index in [2.05, 4.69) is 72.3 Å². The molecule has 1 amide bonds. The van der Waals surface area contributed by atoms with E-state index in [9.17, 15) is 4.79 Å². The van der Waals surface area contributed by atoms with E-state index in [-0.39, 0.29) is 22.8 Å². The summed E-state index contributed by atoms with van der Waals surface area (Å²) in [6.07, 6.45) is 9.37. The lowest BCUT2D eigenvalue weighted by atomic mass is 10.1. The summed E-state index contributed by atoms with van der Waals surface area (Å²) >= 11 is 6.14. The zero-order valence-corrected chi connectivity index (χ0v) is 26.8. The maximum Gasteiger partial charge on any atom is 0.229 e. The molecule has 0 radical (unpaired) electrons. The number of rotatable bonds is 10. The number of amides is 1. The smallest absolute Gasteiger partial charge is 0.229 e. The summed E-state index contributed by atoms with van der Waals surface area (Å²) in [6, 6.07) is 13.8. The van der Waals surface area contributed by atoms with Gasteiger partial charge in [-0.1, -0.05) is 44.5 Å². The first-order chi connectivity index (χ1) is 20.0. The SMILES string of the molecule is CC(C)(C)[Si](C)(C)OCc1cc(C2CC2)cn2cc(CNc3ccnc(NC(=O)C4CC4c4cccc(Cl)c4)c3)nc12. The highest BCUT2D eigenvalue weighted by Gasteiger charge is 2.44. The van der Waals surface area contributed by atoms with Crippen molar-refractivity contribution in [1.29, 1.82) is 0 Å². The maximum atomic E-state index is 12.9. The third kappa shape index (κ3) is 6.41. The van der Waals surface area contributed by atoms with Gasteiger partial charge in [0.2, 0.25) is 5.91 Å². The maximum absolute atomic E-state index is 12.9. The quantitative estimate of drug-likeness (QED) is 0.179. The van der Waals surface area contributed by atoms with Crippen molar-refractivity contribution in [2.75, 3.05) is 10.6 Å². The summed E-state index contributed by atoms with van der Waals surface area (Å²) in [5, 5.41) is 7.30. The molecule has 3 aromatic heterocycles. The van der Waals surface area contributed by atoms with Gasteiger partial charge in [-0.2, -0.15) is 0 Å². The van der Waals surface area contributed by atoms with Crippen molar-refractivity contribution >= 4 is 43.0 Å². The minimum Gasteiger partial charge on any atom is -0.412 e. The van der Waals surface area contributed by atoms with Crippen LogP contribution >= 0.6 is 11.6 Å². The van der Waals surface area contributed by atoms with Gasteiger partial charge in [0, 0.05) is 46.8 Å². The van der Waals surface area contributed by atoms with Crippen LogP contribution in [0.3, 0.4) is 0 Å². The first-order valence-electron chi connectivity index (χ1n) is 14.9. The van der Waals surface area contributed by atoms with Crippen LogP contribution in [0, 0.1) is 5.92 Å². The molecule has 2 N–H and O–H groups in total. The highest BCUT2D eigenvalue weighted by molar-refractivity contribution is 6.74. The number of pyridine rings is 2. The topological polar surface area (TPSA) is 80.5 Å². The second-order valence-corrected chi connectivity index (χ2v) is 18.6. The summed E-state index contributed by atoms with van der Waals surface area (Å²) in [5.41, 5.74) is 6.41. The second kappa shape index (κ2) is 11.1. The van der Waals surface area contributed by atoms with Crippen LogP contribution in [0.2, 0.25) is 23.2 Å². The lowest BCUT2D eigenvalue weighted by Gasteiger charge is -2.36. The Labute approximate surface area is 254 Å². The molecule has 2 fully saturated rings. The average molecular weight is 602 g/mol. The van der Waals surface area contributed by atoms with Crippen LogP contribution < -0.4 is 10.6 Å².